The molecule has 0 unspecified atom stereocenters. The highest BCUT2D eigenvalue weighted by Crippen LogP contribution is 2.23. The summed E-state index contributed by atoms with van der Waals surface area (Å²) < 4.78 is 27.4. The van der Waals surface area contributed by atoms with Crippen molar-refractivity contribution >= 4 is 21.6 Å². The summed E-state index contributed by atoms with van der Waals surface area (Å²) in [5.74, 6) is -0.226. The molecule has 1 fully saturated rings. The van der Waals surface area contributed by atoms with Crippen LogP contribution in [0.15, 0.2) is 47.4 Å². The molecule has 0 aliphatic carbocycles. The number of amides is 1. The van der Waals surface area contributed by atoms with Crippen LogP contribution in [0.25, 0.3) is 0 Å². The molecule has 1 N–H and O–H groups in total. The number of carbonyl (C=O) groups excluding carboxylic acids is 1. The molecule has 2 aromatic rings. The highest BCUT2D eigenvalue weighted by Gasteiger charge is 2.27. The third-order valence-corrected chi connectivity index (χ3v) is 7.68. The summed E-state index contributed by atoms with van der Waals surface area (Å²) in [4.78, 5) is 15.0. The van der Waals surface area contributed by atoms with Gasteiger partial charge >= 0.3 is 0 Å². The molecule has 0 spiro atoms. The third-order valence-electron chi connectivity index (χ3n) is 5.79. The van der Waals surface area contributed by atoms with Crippen LogP contribution in [0.4, 0.5) is 5.69 Å². The standard InChI is InChI=1S/C24H33N3O3S/c1-19-9-14-22(31(29,30)27-16-5-4-6-17-27)18-23(19)24(28)25-15-7-8-20-10-12-21(13-11-20)26(2)3/h9-14,18H,4-8,15-17H2,1-3H3,(H,25,28). The molecule has 0 saturated carbocycles. The maximum Gasteiger partial charge on any atom is 0.251 e. The lowest BCUT2D eigenvalue weighted by atomic mass is 10.1. The second-order valence-electron chi connectivity index (χ2n) is 8.36. The highest BCUT2D eigenvalue weighted by atomic mass is 32.2. The van der Waals surface area contributed by atoms with Crippen molar-refractivity contribution in [1.29, 1.82) is 0 Å². The zero-order chi connectivity index (χ0) is 22.4. The fourth-order valence-electron chi connectivity index (χ4n) is 3.81. The van der Waals surface area contributed by atoms with Gasteiger partial charge in [0.2, 0.25) is 10.0 Å². The van der Waals surface area contributed by atoms with Gasteiger partial charge in [-0.25, -0.2) is 8.42 Å². The Morgan fingerprint density at radius 1 is 1.03 bits per heavy atom. The minimum absolute atomic E-state index is 0.200. The van der Waals surface area contributed by atoms with Gasteiger partial charge in [0, 0.05) is 45.0 Å². The van der Waals surface area contributed by atoms with E-state index in [0.29, 0.717) is 25.2 Å². The van der Waals surface area contributed by atoms with Crippen LogP contribution in [0.3, 0.4) is 0 Å². The molecular weight excluding hydrogens is 410 g/mol. The van der Waals surface area contributed by atoms with Gasteiger partial charge < -0.3 is 10.2 Å². The number of hydrogen-bond donors (Lipinski definition) is 1. The van der Waals surface area contributed by atoms with Gasteiger partial charge in [-0.1, -0.05) is 24.6 Å². The van der Waals surface area contributed by atoms with Gasteiger partial charge in [0.05, 0.1) is 4.90 Å². The van der Waals surface area contributed by atoms with Gasteiger partial charge in [-0.3, -0.25) is 4.79 Å². The first-order valence-corrected chi connectivity index (χ1v) is 12.4. The molecule has 1 aliphatic heterocycles. The Labute approximate surface area is 186 Å². The van der Waals surface area contributed by atoms with Crippen LogP contribution in [-0.2, 0) is 16.4 Å². The van der Waals surface area contributed by atoms with E-state index in [4.69, 9.17) is 0 Å². The Bertz CT molecular complexity index is 995. The van der Waals surface area contributed by atoms with Gasteiger partial charge in [0.15, 0.2) is 0 Å². The summed E-state index contributed by atoms with van der Waals surface area (Å²) in [6.45, 7) is 3.47. The first kappa shape index (κ1) is 23.3. The average Bonchev–Trinajstić information content (AvgIpc) is 2.77. The van der Waals surface area contributed by atoms with Crippen molar-refractivity contribution < 1.29 is 13.2 Å². The molecule has 1 aliphatic rings. The van der Waals surface area contributed by atoms with Gasteiger partial charge in [-0.2, -0.15) is 4.31 Å². The van der Waals surface area contributed by atoms with E-state index >= 15 is 0 Å². The molecule has 6 nitrogen and oxygen atoms in total. The van der Waals surface area contributed by atoms with Crippen LogP contribution in [-0.4, -0.2) is 52.4 Å². The minimum Gasteiger partial charge on any atom is -0.378 e. The second kappa shape index (κ2) is 10.3. The fourth-order valence-corrected chi connectivity index (χ4v) is 5.35. The number of nitrogens with one attached hydrogen (secondary N) is 1. The maximum atomic E-state index is 12.9. The molecule has 3 rings (SSSR count). The summed E-state index contributed by atoms with van der Waals surface area (Å²) in [5, 5.41) is 2.94. The molecule has 7 heteroatoms. The van der Waals surface area contributed by atoms with Crippen LogP contribution in [0.1, 0.15) is 47.2 Å². The molecule has 2 aromatic carbocycles. The Morgan fingerprint density at radius 2 is 1.71 bits per heavy atom. The average molecular weight is 444 g/mol. The number of aryl methyl sites for hydroxylation is 2. The lowest BCUT2D eigenvalue weighted by molar-refractivity contribution is 0.0952. The predicted octanol–water partition coefficient (Wildman–Crippen LogP) is 3.60. The van der Waals surface area contributed by atoms with Crippen molar-refractivity contribution in [2.45, 2.75) is 43.9 Å². The molecule has 0 bridgehead atoms. The zero-order valence-electron chi connectivity index (χ0n) is 18.7. The van der Waals surface area contributed by atoms with Gasteiger partial charge in [0.1, 0.15) is 0 Å². The van der Waals surface area contributed by atoms with Gasteiger partial charge in [-0.15, -0.1) is 0 Å². The monoisotopic (exact) mass is 443 g/mol. The van der Waals surface area contributed by atoms with Crippen LogP contribution in [0.2, 0.25) is 0 Å². The van der Waals surface area contributed by atoms with E-state index in [1.54, 1.807) is 12.1 Å². The van der Waals surface area contributed by atoms with E-state index in [-0.39, 0.29) is 10.8 Å². The number of nitrogens with zero attached hydrogens (tertiary/aromatic N) is 2. The summed E-state index contributed by atoms with van der Waals surface area (Å²) >= 11 is 0. The Morgan fingerprint density at radius 3 is 2.35 bits per heavy atom. The topological polar surface area (TPSA) is 69.7 Å². The predicted molar refractivity (Wildman–Crippen MR) is 125 cm³/mol. The summed E-state index contributed by atoms with van der Waals surface area (Å²) in [6.07, 6.45) is 4.52. The van der Waals surface area contributed by atoms with Crippen molar-refractivity contribution in [3.05, 3.63) is 59.2 Å². The highest BCUT2D eigenvalue weighted by molar-refractivity contribution is 7.89. The quantitative estimate of drug-likeness (QED) is 0.633. The first-order valence-electron chi connectivity index (χ1n) is 10.9. The SMILES string of the molecule is Cc1ccc(S(=O)(=O)N2CCCCC2)cc1C(=O)NCCCc1ccc(N(C)C)cc1. The lowest BCUT2D eigenvalue weighted by Crippen LogP contribution is -2.35. The maximum absolute atomic E-state index is 12.9. The number of piperidine rings is 1. The van der Waals surface area contributed by atoms with E-state index in [2.05, 4.69) is 34.5 Å². The van der Waals surface area contributed by atoms with E-state index in [1.165, 1.54) is 15.9 Å². The van der Waals surface area contributed by atoms with E-state index in [9.17, 15) is 13.2 Å². The molecule has 31 heavy (non-hydrogen) atoms. The molecule has 0 atom stereocenters. The Balaban J connectivity index is 1.59. The Kier molecular flexibility index (Phi) is 7.73. The van der Waals surface area contributed by atoms with E-state index in [1.807, 2.05) is 21.0 Å². The van der Waals surface area contributed by atoms with E-state index in [0.717, 1.165) is 43.4 Å². The van der Waals surface area contributed by atoms with Gasteiger partial charge in [-0.05, 0) is 68.0 Å². The third kappa shape index (κ3) is 5.86. The van der Waals surface area contributed by atoms with Crippen LogP contribution >= 0.6 is 0 Å². The van der Waals surface area contributed by atoms with Crippen molar-refractivity contribution in [1.82, 2.24) is 9.62 Å². The van der Waals surface area contributed by atoms with Gasteiger partial charge in [0.25, 0.3) is 5.91 Å². The summed E-state index contributed by atoms with van der Waals surface area (Å²) in [5.41, 5.74) is 3.58. The van der Waals surface area contributed by atoms with Crippen molar-refractivity contribution in [3.8, 4) is 0 Å². The second-order valence-corrected chi connectivity index (χ2v) is 10.3. The fraction of sp³-hybridized carbons (Fsp3) is 0.458. The first-order chi connectivity index (χ1) is 14.8. The van der Waals surface area contributed by atoms with Crippen molar-refractivity contribution in [2.24, 2.45) is 0 Å². The van der Waals surface area contributed by atoms with Crippen LogP contribution in [0, 0.1) is 6.92 Å². The number of carbonyl (C=O) groups is 1. The molecule has 1 heterocycles. The molecule has 1 saturated heterocycles. The van der Waals surface area contributed by atoms with Crippen LogP contribution in [0.5, 0.6) is 0 Å². The zero-order valence-corrected chi connectivity index (χ0v) is 19.5. The molecule has 1 amide bonds. The molecule has 168 valence electrons. The minimum atomic E-state index is -3.56. The van der Waals surface area contributed by atoms with Crippen LogP contribution < -0.4 is 10.2 Å². The molecule has 0 aromatic heterocycles. The summed E-state index contributed by atoms with van der Waals surface area (Å²) in [6, 6.07) is 13.2. The molecular formula is C24H33N3O3S. The van der Waals surface area contributed by atoms with Crippen molar-refractivity contribution in [2.75, 3.05) is 38.6 Å². The largest absolute Gasteiger partial charge is 0.378 e. The van der Waals surface area contributed by atoms with Crippen molar-refractivity contribution in [3.63, 3.8) is 0 Å². The number of sulfonamides is 1. The Hall–Kier alpha value is -2.38. The molecule has 0 radical (unpaired) electrons. The number of anilines is 1. The smallest absolute Gasteiger partial charge is 0.251 e. The number of hydrogen-bond acceptors (Lipinski definition) is 4. The summed E-state index contributed by atoms with van der Waals surface area (Å²) in [7, 11) is 0.471. The number of benzene rings is 2. The normalized spacial score (nSPS) is 14.9. The number of rotatable bonds is 8. The van der Waals surface area contributed by atoms with E-state index < -0.39 is 10.0 Å². The lowest BCUT2D eigenvalue weighted by Gasteiger charge is -2.26.